The van der Waals surface area contributed by atoms with Gasteiger partial charge >= 0.3 is 5.97 Å². The van der Waals surface area contributed by atoms with Crippen LogP contribution in [0.25, 0.3) is 11.0 Å². The van der Waals surface area contributed by atoms with E-state index in [0.29, 0.717) is 36.7 Å². The van der Waals surface area contributed by atoms with E-state index in [-0.39, 0.29) is 12.0 Å². The van der Waals surface area contributed by atoms with Crippen LogP contribution in [0.2, 0.25) is 0 Å². The fraction of sp³-hybridized carbons (Fsp3) is 0.526. The molecule has 3 rings (SSSR count). The first-order valence-corrected chi connectivity index (χ1v) is 8.69. The Morgan fingerprint density at radius 1 is 1.42 bits per heavy atom. The molecule has 2 heterocycles. The van der Waals surface area contributed by atoms with E-state index in [1.54, 1.807) is 6.20 Å². The third-order valence-electron chi connectivity index (χ3n) is 5.16. The van der Waals surface area contributed by atoms with Gasteiger partial charge < -0.3 is 9.30 Å². The van der Waals surface area contributed by atoms with Crippen molar-refractivity contribution < 1.29 is 14.3 Å². The minimum absolute atomic E-state index is 0.193. The van der Waals surface area contributed by atoms with Gasteiger partial charge in [-0.15, -0.1) is 0 Å². The minimum atomic E-state index is -0.294. The number of carbonyl (C=O) groups is 2. The fourth-order valence-electron chi connectivity index (χ4n) is 3.87. The summed E-state index contributed by atoms with van der Waals surface area (Å²) in [7, 11) is 0. The number of carbonyl (C=O) groups excluding carboxylic acids is 2. The summed E-state index contributed by atoms with van der Waals surface area (Å²) < 4.78 is 7.40. The Labute approximate surface area is 142 Å². The third-order valence-corrected chi connectivity index (χ3v) is 5.16. The lowest BCUT2D eigenvalue weighted by Crippen LogP contribution is -2.23. The molecular formula is C19H24N2O3. The van der Waals surface area contributed by atoms with E-state index in [1.165, 1.54) is 0 Å². The van der Waals surface area contributed by atoms with Crippen molar-refractivity contribution in [1.82, 2.24) is 9.55 Å². The quantitative estimate of drug-likeness (QED) is 0.800. The number of hydrogen-bond acceptors (Lipinski definition) is 4. The molecule has 1 aliphatic rings. The molecule has 0 bridgehead atoms. The predicted molar refractivity (Wildman–Crippen MR) is 92.1 cm³/mol. The zero-order valence-corrected chi connectivity index (χ0v) is 14.5. The number of rotatable bonds is 4. The van der Waals surface area contributed by atoms with Crippen LogP contribution < -0.4 is 0 Å². The number of ether oxygens (including phenoxy) is 1. The summed E-state index contributed by atoms with van der Waals surface area (Å²) in [6.07, 6.45) is 4.88. The molecule has 1 aliphatic carbocycles. The van der Waals surface area contributed by atoms with Crippen LogP contribution in [0.4, 0.5) is 0 Å². The molecule has 1 unspecified atom stereocenters. The largest absolute Gasteiger partial charge is 0.462 e. The highest BCUT2D eigenvalue weighted by atomic mass is 16.5. The Kier molecular flexibility index (Phi) is 4.69. The SMILES string of the molecule is CCOC(=O)c1c(C)n(C(C)C2CCC(=O)CC2)c2ncccc12. The number of esters is 1. The monoisotopic (exact) mass is 328 g/mol. The zero-order valence-electron chi connectivity index (χ0n) is 14.5. The van der Waals surface area contributed by atoms with Crippen LogP contribution in [0, 0.1) is 12.8 Å². The molecule has 0 radical (unpaired) electrons. The number of hydrogen-bond donors (Lipinski definition) is 0. The van der Waals surface area contributed by atoms with Gasteiger partial charge in [-0.2, -0.15) is 0 Å². The number of Topliss-reactive ketones (excluding diaryl/α,β-unsaturated/α-hetero) is 1. The van der Waals surface area contributed by atoms with Gasteiger partial charge in [0.15, 0.2) is 0 Å². The summed E-state index contributed by atoms with van der Waals surface area (Å²) in [6, 6.07) is 3.97. The van der Waals surface area contributed by atoms with E-state index in [9.17, 15) is 9.59 Å². The van der Waals surface area contributed by atoms with Gasteiger partial charge in [-0.1, -0.05) is 0 Å². The molecule has 0 aromatic carbocycles. The smallest absolute Gasteiger partial charge is 0.340 e. The highest BCUT2D eigenvalue weighted by Crippen LogP contribution is 2.36. The van der Waals surface area contributed by atoms with E-state index in [0.717, 1.165) is 29.6 Å². The highest BCUT2D eigenvalue weighted by Gasteiger charge is 2.29. The second-order valence-corrected chi connectivity index (χ2v) is 6.54. The summed E-state index contributed by atoms with van der Waals surface area (Å²) in [5.74, 6) is 0.490. The second kappa shape index (κ2) is 6.75. The fourth-order valence-corrected chi connectivity index (χ4v) is 3.87. The Morgan fingerprint density at radius 3 is 2.79 bits per heavy atom. The average Bonchev–Trinajstić information content (AvgIpc) is 2.87. The van der Waals surface area contributed by atoms with Gasteiger partial charge in [-0.25, -0.2) is 9.78 Å². The standard InChI is InChI=1S/C19H24N2O3/c1-4-24-19(23)17-13(3)21(18-16(17)6-5-11-20-18)12(2)14-7-9-15(22)10-8-14/h5-6,11-12,14H,4,7-10H2,1-3H3. The highest BCUT2D eigenvalue weighted by molar-refractivity contribution is 6.05. The average molecular weight is 328 g/mol. The molecule has 0 saturated heterocycles. The maximum Gasteiger partial charge on any atom is 0.340 e. The van der Waals surface area contributed by atoms with Crippen molar-refractivity contribution in [3.8, 4) is 0 Å². The molecule has 5 heteroatoms. The zero-order chi connectivity index (χ0) is 17.3. The molecule has 1 saturated carbocycles. The van der Waals surface area contributed by atoms with Gasteiger partial charge in [0.1, 0.15) is 11.4 Å². The van der Waals surface area contributed by atoms with Gasteiger partial charge in [-0.3, -0.25) is 4.79 Å². The molecular weight excluding hydrogens is 304 g/mol. The molecule has 0 spiro atoms. The van der Waals surface area contributed by atoms with E-state index in [4.69, 9.17) is 4.74 Å². The molecule has 2 aromatic heterocycles. The maximum absolute atomic E-state index is 12.4. The molecule has 1 atom stereocenters. The summed E-state index contributed by atoms with van der Waals surface area (Å²) in [5, 5.41) is 0.840. The number of ketones is 1. The van der Waals surface area contributed by atoms with Gasteiger partial charge in [0, 0.05) is 36.2 Å². The van der Waals surface area contributed by atoms with E-state index in [2.05, 4.69) is 16.5 Å². The molecule has 0 N–H and O–H groups in total. The Bertz CT molecular complexity index is 768. The Morgan fingerprint density at radius 2 is 2.12 bits per heavy atom. The second-order valence-electron chi connectivity index (χ2n) is 6.54. The van der Waals surface area contributed by atoms with Crippen molar-refractivity contribution >= 4 is 22.8 Å². The molecule has 24 heavy (non-hydrogen) atoms. The first-order valence-electron chi connectivity index (χ1n) is 8.69. The van der Waals surface area contributed by atoms with Gasteiger partial charge in [0.2, 0.25) is 0 Å². The predicted octanol–water partition coefficient (Wildman–Crippen LogP) is 3.84. The van der Waals surface area contributed by atoms with Crippen LogP contribution >= 0.6 is 0 Å². The van der Waals surface area contributed by atoms with Crippen molar-refractivity contribution in [3.63, 3.8) is 0 Å². The van der Waals surface area contributed by atoms with Crippen molar-refractivity contribution in [3.05, 3.63) is 29.6 Å². The van der Waals surface area contributed by atoms with Crippen LogP contribution in [-0.2, 0) is 9.53 Å². The summed E-state index contributed by atoms with van der Waals surface area (Å²) in [6.45, 7) is 6.28. The number of aromatic nitrogens is 2. The molecule has 0 aliphatic heterocycles. The third kappa shape index (κ3) is 2.83. The lowest BCUT2D eigenvalue weighted by molar-refractivity contribution is -0.121. The first-order chi connectivity index (χ1) is 11.5. The Hall–Kier alpha value is -2.17. The molecule has 0 amide bonds. The van der Waals surface area contributed by atoms with Crippen LogP contribution in [0.1, 0.15) is 61.6 Å². The van der Waals surface area contributed by atoms with Crippen LogP contribution in [0.5, 0.6) is 0 Å². The first kappa shape index (κ1) is 16.7. The van der Waals surface area contributed by atoms with E-state index < -0.39 is 0 Å². The van der Waals surface area contributed by atoms with Crippen molar-refractivity contribution in [2.75, 3.05) is 6.61 Å². The van der Waals surface area contributed by atoms with E-state index in [1.807, 2.05) is 26.0 Å². The van der Waals surface area contributed by atoms with Crippen LogP contribution in [0.3, 0.4) is 0 Å². The number of fused-ring (bicyclic) bond motifs is 1. The normalized spacial score (nSPS) is 17.2. The maximum atomic E-state index is 12.4. The van der Waals surface area contributed by atoms with Crippen LogP contribution in [0.15, 0.2) is 18.3 Å². The summed E-state index contributed by atoms with van der Waals surface area (Å²) >= 11 is 0. The molecule has 1 fully saturated rings. The summed E-state index contributed by atoms with van der Waals surface area (Å²) in [4.78, 5) is 28.5. The Balaban J connectivity index is 2.06. The van der Waals surface area contributed by atoms with Crippen molar-refractivity contribution in [2.24, 2.45) is 5.92 Å². The topological polar surface area (TPSA) is 61.2 Å². The lowest BCUT2D eigenvalue weighted by Gasteiger charge is -2.29. The lowest BCUT2D eigenvalue weighted by atomic mass is 9.84. The van der Waals surface area contributed by atoms with Gasteiger partial charge in [0.25, 0.3) is 0 Å². The summed E-state index contributed by atoms with van der Waals surface area (Å²) in [5.41, 5.74) is 2.33. The van der Waals surface area contributed by atoms with Crippen molar-refractivity contribution in [2.45, 2.75) is 52.5 Å². The van der Waals surface area contributed by atoms with Gasteiger partial charge in [-0.05, 0) is 51.7 Å². The molecule has 5 nitrogen and oxygen atoms in total. The van der Waals surface area contributed by atoms with Gasteiger partial charge in [0.05, 0.1) is 12.2 Å². The van der Waals surface area contributed by atoms with Crippen LogP contribution in [-0.4, -0.2) is 27.9 Å². The number of nitrogens with zero attached hydrogens (tertiary/aromatic N) is 2. The number of pyridine rings is 1. The van der Waals surface area contributed by atoms with E-state index >= 15 is 0 Å². The molecule has 2 aromatic rings. The van der Waals surface area contributed by atoms with Crippen molar-refractivity contribution in [1.29, 1.82) is 0 Å². The molecule has 128 valence electrons. The minimum Gasteiger partial charge on any atom is -0.462 e.